The second-order valence-corrected chi connectivity index (χ2v) is 21.1. The van der Waals surface area contributed by atoms with Gasteiger partial charge in [-0.15, -0.1) is 0 Å². The van der Waals surface area contributed by atoms with Gasteiger partial charge in [0.15, 0.2) is 0 Å². The molecule has 0 aliphatic carbocycles. The molecule has 0 aromatic carbocycles. The molecule has 2 N–H and O–H groups in total. The summed E-state index contributed by atoms with van der Waals surface area (Å²) >= 11 is 0. The number of esters is 2. The number of carbonyl (C=O) groups excluding carboxylic acids is 3. The standard InChI is InChI=1S/C59H117N3O6/c1-7-12-17-21-23-29-39-54(37-27-19-14-9-3)52-67-58(65)42-31-25-34-48-62(51-50-61(6)47-36-33-46-60-57(64)45-44-56(63)41-16-11-5)49-35-26-32-43-59(66)68-53-55(38-28-20-15-10-4)40-30-24-22-18-13-8-2/h54-56,63H,7-53H2,1-6H3,(H,60,64). The van der Waals surface area contributed by atoms with Gasteiger partial charge in [-0.1, -0.05) is 189 Å². The highest BCUT2D eigenvalue weighted by atomic mass is 16.5. The zero-order valence-electron chi connectivity index (χ0n) is 46.3. The Bertz CT molecular complexity index is 1030. The van der Waals surface area contributed by atoms with Gasteiger partial charge in [-0.05, 0) is 116 Å². The Morgan fingerprint density at radius 2 is 0.809 bits per heavy atom. The molecule has 3 atom stereocenters. The average molecular weight is 965 g/mol. The number of rotatable bonds is 54. The number of ether oxygens (including phenoxy) is 2. The fourth-order valence-corrected chi connectivity index (χ4v) is 9.36. The number of hydrogen-bond acceptors (Lipinski definition) is 8. The lowest BCUT2D eigenvalue weighted by Gasteiger charge is -2.25. The molecule has 9 heteroatoms. The van der Waals surface area contributed by atoms with Crippen LogP contribution in [-0.4, -0.2) is 98.4 Å². The molecule has 0 aliphatic rings. The van der Waals surface area contributed by atoms with Crippen molar-refractivity contribution in [2.24, 2.45) is 11.8 Å². The number of nitrogens with zero attached hydrogens (tertiary/aromatic N) is 2. The number of likely N-dealkylation sites (N-methyl/N-ethyl adjacent to an activating group) is 1. The summed E-state index contributed by atoms with van der Waals surface area (Å²) in [6.45, 7) is 18.0. The molecule has 68 heavy (non-hydrogen) atoms. The molecule has 0 aliphatic heterocycles. The smallest absolute Gasteiger partial charge is 0.305 e. The van der Waals surface area contributed by atoms with Gasteiger partial charge in [0.1, 0.15) is 0 Å². The number of unbranched alkanes of at least 4 members (excludes halogenated alkanes) is 22. The van der Waals surface area contributed by atoms with Crippen molar-refractivity contribution in [1.82, 2.24) is 15.1 Å². The van der Waals surface area contributed by atoms with Crippen molar-refractivity contribution >= 4 is 17.8 Å². The third kappa shape index (κ3) is 46.7. The van der Waals surface area contributed by atoms with E-state index in [1.165, 1.54) is 154 Å². The van der Waals surface area contributed by atoms with E-state index in [1.807, 2.05) is 0 Å². The number of carbonyl (C=O) groups is 3. The average Bonchev–Trinajstić information content (AvgIpc) is 3.33. The van der Waals surface area contributed by atoms with Crippen LogP contribution in [0.15, 0.2) is 0 Å². The first-order valence-corrected chi connectivity index (χ1v) is 29.9. The SMILES string of the molecule is CCCCCCCCC(CCCCCC)COC(=O)CCCCCN(CCCCCC(=O)OCC(CCCCCC)CCCCCCCC)CCN(C)CCCCNC(=O)CCC(O)CCCC. The fourth-order valence-electron chi connectivity index (χ4n) is 9.36. The van der Waals surface area contributed by atoms with Crippen molar-refractivity contribution in [2.75, 3.05) is 59.5 Å². The molecule has 1 amide bonds. The van der Waals surface area contributed by atoms with Crippen molar-refractivity contribution in [2.45, 2.75) is 291 Å². The van der Waals surface area contributed by atoms with Crippen LogP contribution in [-0.2, 0) is 23.9 Å². The zero-order chi connectivity index (χ0) is 50.0. The van der Waals surface area contributed by atoms with Gasteiger partial charge in [-0.2, -0.15) is 0 Å². The predicted molar refractivity (Wildman–Crippen MR) is 290 cm³/mol. The van der Waals surface area contributed by atoms with Crippen molar-refractivity contribution < 1.29 is 29.0 Å². The van der Waals surface area contributed by atoms with Crippen LogP contribution in [0.3, 0.4) is 0 Å². The largest absolute Gasteiger partial charge is 0.465 e. The normalized spacial score (nSPS) is 13.0. The van der Waals surface area contributed by atoms with E-state index >= 15 is 0 Å². The first kappa shape index (κ1) is 66.3. The van der Waals surface area contributed by atoms with E-state index in [4.69, 9.17) is 9.47 Å². The quantitative estimate of drug-likeness (QED) is 0.0458. The number of aliphatic hydroxyl groups is 1. The van der Waals surface area contributed by atoms with Crippen LogP contribution >= 0.6 is 0 Å². The lowest BCUT2D eigenvalue weighted by Crippen LogP contribution is -2.35. The third-order valence-electron chi connectivity index (χ3n) is 14.2. The molecule has 0 fully saturated rings. The number of hydrogen-bond donors (Lipinski definition) is 2. The van der Waals surface area contributed by atoms with E-state index in [-0.39, 0.29) is 23.9 Å². The van der Waals surface area contributed by atoms with Crippen molar-refractivity contribution in [1.29, 1.82) is 0 Å². The number of nitrogens with one attached hydrogen (secondary N) is 1. The summed E-state index contributed by atoms with van der Waals surface area (Å²) in [5, 5.41) is 13.1. The molecule has 0 saturated carbocycles. The van der Waals surface area contributed by atoms with E-state index in [1.54, 1.807) is 0 Å². The van der Waals surface area contributed by atoms with Crippen molar-refractivity contribution in [3.8, 4) is 0 Å². The second-order valence-electron chi connectivity index (χ2n) is 21.1. The zero-order valence-corrected chi connectivity index (χ0v) is 46.3. The van der Waals surface area contributed by atoms with Crippen molar-refractivity contribution in [3.05, 3.63) is 0 Å². The lowest BCUT2D eigenvalue weighted by atomic mass is 9.95. The van der Waals surface area contributed by atoms with Gasteiger partial charge >= 0.3 is 11.9 Å². The highest BCUT2D eigenvalue weighted by molar-refractivity contribution is 5.75. The van der Waals surface area contributed by atoms with Gasteiger partial charge < -0.3 is 29.7 Å². The fraction of sp³-hybridized carbons (Fsp3) is 0.949. The first-order chi connectivity index (χ1) is 33.2. The molecular weight excluding hydrogens is 847 g/mol. The summed E-state index contributed by atoms with van der Waals surface area (Å²) in [5.74, 6) is 1.000. The van der Waals surface area contributed by atoms with Gasteiger partial charge in [0.05, 0.1) is 19.3 Å². The molecule has 3 unspecified atom stereocenters. The number of amides is 1. The van der Waals surface area contributed by atoms with Crippen LogP contribution in [0.5, 0.6) is 0 Å². The maximum absolute atomic E-state index is 12.9. The van der Waals surface area contributed by atoms with Crippen molar-refractivity contribution in [3.63, 3.8) is 0 Å². The predicted octanol–water partition coefficient (Wildman–Crippen LogP) is 15.3. The number of aliphatic hydroxyl groups excluding tert-OH is 1. The molecule has 0 bridgehead atoms. The summed E-state index contributed by atoms with van der Waals surface area (Å²) < 4.78 is 11.8. The molecule has 0 radical (unpaired) electrons. The van der Waals surface area contributed by atoms with Gasteiger partial charge in [0, 0.05) is 38.9 Å². The van der Waals surface area contributed by atoms with Crippen LogP contribution < -0.4 is 5.32 Å². The Morgan fingerprint density at radius 1 is 0.412 bits per heavy atom. The monoisotopic (exact) mass is 964 g/mol. The topological polar surface area (TPSA) is 108 Å². The molecule has 0 aromatic heterocycles. The van der Waals surface area contributed by atoms with Crippen LogP contribution in [0.4, 0.5) is 0 Å². The van der Waals surface area contributed by atoms with Gasteiger partial charge in [0.2, 0.25) is 5.91 Å². The molecular formula is C59H117N3O6. The van der Waals surface area contributed by atoms with Gasteiger partial charge in [-0.25, -0.2) is 0 Å². The Morgan fingerprint density at radius 3 is 1.26 bits per heavy atom. The second kappa shape index (κ2) is 51.6. The maximum atomic E-state index is 12.9. The molecule has 0 aromatic rings. The van der Waals surface area contributed by atoms with E-state index in [9.17, 15) is 19.5 Å². The Kier molecular flexibility index (Phi) is 50.3. The highest BCUT2D eigenvalue weighted by Crippen LogP contribution is 2.22. The van der Waals surface area contributed by atoms with Gasteiger partial charge in [0.25, 0.3) is 0 Å². The van der Waals surface area contributed by atoms with E-state index in [0.717, 1.165) is 103 Å². The first-order valence-electron chi connectivity index (χ1n) is 29.9. The van der Waals surface area contributed by atoms with Crippen LogP contribution in [0.25, 0.3) is 0 Å². The summed E-state index contributed by atoms with van der Waals surface area (Å²) in [4.78, 5) is 43.0. The van der Waals surface area contributed by atoms with E-state index < -0.39 is 0 Å². The summed E-state index contributed by atoms with van der Waals surface area (Å²) in [6, 6.07) is 0. The lowest BCUT2D eigenvalue weighted by molar-refractivity contribution is -0.146. The maximum Gasteiger partial charge on any atom is 0.305 e. The molecule has 9 nitrogen and oxygen atoms in total. The Hall–Kier alpha value is -1.71. The summed E-state index contributed by atoms with van der Waals surface area (Å²) in [5.41, 5.74) is 0. The minimum Gasteiger partial charge on any atom is -0.465 e. The minimum atomic E-state index is -0.374. The summed E-state index contributed by atoms with van der Waals surface area (Å²) in [7, 11) is 2.19. The molecule has 0 rings (SSSR count). The van der Waals surface area contributed by atoms with E-state index in [0.29, 0.717) is 57.3 Å². The minimum absolute atomic E-state index is 0.0235. The van der Waals surface area contributed by atoms with Crippen LogP contribution in [0, 0.1) is 11.8 Å². The molecule has 404 valence electrons. The highest BCUT2D eigenvalue weighted by Gasteiger charge is 2.15. The van der Waals surface area contributed by atoms with Crippen LogP contribution in [0.2, 0.25) is 0 Å². The molecule has 0 heterocycles. The van der Waals surface area contributed by atoms with Gasteiger partial charge in [-0.3, -0.25) is 14.4 Å². The Balaban J connectivity index is 4.93. The van der Waals surface area contributed by atoms with Crippen LogP contribution in [0.1, 0.15) is 285 Å². The third-order valence-corrected chi connectivity index (χ3v) is 14.2. The Labute approximate surface area is 422 Å². The van der Waals surface area contributed by atoms with E-state index in [2.05, 4.69) is 56.8 Å². The summed E-state index contributed by atoms with van der Waals surface area (Å²) in [6.07, 6.45) is 42.9. The molecule has 0 saturated heterocycles. The molecule has 0 spiro atoms.